The number of hydrogen-bond donors (Lipinski definition) is 3. The summed E-state index contributed by atoms with van der Waals surface area (Å²) in [5.41, 5.74) is 0. The van der Waals surface area contributed by atoms with Gasteiger partial charge in [0.1, 0.15) is 13.2 Å². The Morgan fingerprint density at radius 1 is 0.410 bits per heavy atom. The van der Waals surface area contributed by atoms with Crippen LogP contribution in [0.15, 0.2) is 60.8 Å². The summed E-state index contributed by atoms with van der Waals surface area (Å²) < 4.78 is 23.8. The number of nitrogens with zero attached hydrogens (tertiary/aromatic N) is 1. The first kappa shape index (κ1) is 81.2. The van der Waals surface area contributed by atoms with E-state index in [0.717, 1.165) is 51.4 Å². The van der Waals surface area contributed by atoms with E-state index in [2.05, 4.69) is 67.8 Å². The molecule has 83 heavy (non-hydrogen) atoms. The van der Waals surface area contributed by atoms with Crippen molar-refractivity contribution in [3.05, 3.63) is 60.8 Å². The Bertz CT molecular complexity index is 1540. The van der Waals surface area contributed by atoms with Gasteiger partial charge in [0, 0.05) is 6.42 Å². The minimum absolute atomic E-state index is 0.0539. The lowest BCUT2D eigenvalue weighted by Crippen LogP contribution is -2.45. The van der Waals surface area contributed by atoms with E-state index >= 15 is 0 Å². The molecule has 0 radical (unpaired) electrons. The van der Waals surface area contributed by atoms with Gasteiger partial charge in [0.2, 0.25) is 5.91 Å². The average Bonchev–Trinajstić information content (AvgIpc) is 3.49. The summed E-state index contributed by atoms with van der Waals surface area (Å²) in [5.74, 6) is -0.185. The topological polar surface area (TPSA) is 105 Å². The van der Waals surface area contributed by atoms with Crippen molar-refractivity contribution in [2.45, 2.75) is 366 Å². The van der Waals surface area contributed by atoms with Crippen LogP contribution in [-0.2, 0) is 18.4 Å². The van der Waals surface area contributed by atoms with Gasteiger partial charge >= 0.3 is 7.82 Å². The lowest BCUT2D eigenvalue weighted by atomic mass is 10.0. The van der Waals surface area contributed by atoms with Crippen LogP contribution in [0.5, 0.6) is 0 Å². The van der Waals surface area contributed by atoms with Gasteiger partial charge in [-0.3, -0.25) is 13.8 Å². The standard InChI is InChI=1S/C74H141N2O6P/c1-6-8-10-12-14-16-18-20-22-24-26-28-30-32-34-35-36-37-38-39-40-41-42-44-46-48-50-52-54-56-58-60-62-64-66-68-74(78)75-72(71-82-83(79,80)81-70-69-76(3,4)5)73(77)67-65-63-61-59-57-55-53-51-49-47-45-43-33-31-29-27-25-23-21-19-17-15-13-11-9-7-2/h18,20,24,26,49,51,57,59,65,67,72-73,77H,6-17,19,21-23,25,27-48,50,52-56,58,60-64,66,68-71H2,1-5H3,(H-,75,78,79,80)/p+1/b20-18-,26-24-,51-49+,59-57+,67-65+. The number of quaternary nitrogens is 1. The second-order valence-electron chi connectivity index (χ2n) is 25.9. The first-order chi connectivity index (χ1) is 40.5. The Labute approximate surface area is 517 Å². The van der Waals surface area contributed by atoms with Gasteiger partial charge in [0.25, 0.3) is 0 Å². The molecule has 1 amide bonds. The summed E-state index contributed by atoms with van der Waals surface area (Å²) in [6.45, 7) is 4.82. The van der Waals surface area contributed by atoms with Crippen molar-refractivity contribution in [3.63, 3.8) is 0 Å². The molecule has 0 aromatic carbocycles. The molecule has 0 rings (SSSR count). The number of aliphatic hydroxyl groups excluding tert-OH is 1. The molecule has 3 unspecified atom stereocenters. The van der Waals surface area contributed by atoms with Crippen LogP contribution >= 0.6 is 7.82 Å². The number of allylic oxidation sites excluding steroid dienone is 9. The fourth-order valence-electron chi connectivity index (χ4n) is 10.8. The average molecular weight is 1190 g/mol. The molecule has 0 aliphatic heterocycles. The maximum atomic E-state index is 13.1. The highest BCUT2D eigenvalue weighted by molar-refractivity contribution is 7.47. The molecule has 0 fully saturated rings. The number of nitrogens with one attached hydrogen (secondary N) is 1. The van der Waals surface area contributed by atoms with Crippen molar-refractivity contribution in [2.24, 2.45) is 0 Å². The summed E-state index contributed by atoms with van der Waals surface area (Å²) in [6.07, 6.45) is 89.6. The molecule has 3 atom stereocenters. The van der Waals surface area contributed by atoms with E-state index in [9.17, 15) is 19.4 Å². The monoisotopic (exact) mass is 1190 g/mol. The van der Waals surface area contributed by atoms with Crippen molar-refractivity contribution >= 4 is 13.7 Å². The summed E-state index contributed by atoms with van der Waals surface area (Å²) in [6, 6.07) is -0.872. The second-order valence-corrected chi connectivity index (χ2v) is 27.4. The number of rotatable bonds is 67. The van der Waals surface area contributed by atoms with E-state index < -0.39 is 20.0 Å². The Kier molecular flexibility index (Phi) is 63.3. The number of unbranched alkanes of at least 4 members (excludes halogenated alkanes) is 46. The number of phosphoric ester groups is 1. The number of phosphoric acid groups is 1. The highest BCUT2D eigenvalue weighted by Gasteiger charge is 2.28. The van der Waals surface area contributed by atoms with Crippen LogP contribution in [0.2, 0.25) is 0 Å². The van der Waals surface area contributed by atoms with E-state index in [1.165, 1.54) is 283 Å². The first-order valence-corrected chi connectivity index (χ1v) is 37.7. The quantitative estimate of drug-likeness (QED) is 0.0243. The first-order valence-electron chi connectivity index (χ1n) is 36.2. The van der Waals surface area contributed by atoms with Crippen LogP contribution < -0.4 is 5.32 Å². The van der Waals surface area contributed by atoms with E-state index in [1.54, 1.807) is 6.08 Å². The Hall–Kier alpha value is -1.80. The number of aliphatic hydroxyl groups is 1. The van der Waals surface area contributed by atoms with Crippen molar-refractivity contribution in [1.82, 2.24) is 5.32 Å². The fraction of sp³-hybridized carbons (Fsp3) is 0.851. The number of hydrogen-bond acceptors (Lipinski definition) is 5. The predicted molar refractivity (Wildman–Crippen MR) is 364 cm³/mol. The molecule has 8 nitrogen and oxygen atoms in total. The summed E-state index contributed by atoms with van der Waals surface area (Å²) in [5, 5.41) is 14.0. The van der Waals surface area contributed by atoms with E-state index in [1.807, 2.05) is 27.2 Å². The van der Waals surface area contributed by atoms with Crippen molar-refractivity contribution in [1.29, 1.82) is 0 Å². The van der Waals surface area contributed by atoms with Gasteiger partial charge in [-0.25, -0.2) is 4.57 Å². The SMILES string of the molecule is CCCCCCC/C=C\C/C=C\CCCCCCCCCCCCCCCCCCCCCCCCCC(=O)NC(COP(=O)(O)OCC[N+](C)(C)C)C(O)/C=C/CC/C=C/CC/C=C/CCCCCCCCCCCCCCCCCC. The molecule has 0 aliphatic rings. The summed E-state index contributed by atoms with van der Waals surface area (Å²) in [7, 11) is 1.56. The molecule has 0 aromatic rings. The lowest BCUT2D eigenvalue weighted by Gasteiger charge is -2.25. The van der Waals surface area contributed by atoms with Crippen molar-refractivity contribution < 1.29 is 32.9 Å². The maximum absolute atomic E-state index is 13.1. The van der Waals surface area contributed by atoms with Gasteiger partial charge in [-0.15, -0.1) is 0 Å². The lowest BCUT2D eigenvalue weighted by molar-refractivity contribution is -0.870. The van der Waals surface area contributed by atoms with E-state index in [-0.39, 0.29) is 19.1 Å². The minimum atomic E-state index is -4.37. The number of carbonyl (C=O) groups is 1. The molecule has 9 heteroatoms. The zero-order valence-corrected chi connectivity index (χ0v) is 56.8. The summed E-state index contributed by atoms with van der Waals surface area (Å²) in [4.78, 5) is 23.4. The van der Waals surface area contributed by atoms with Gasteiger partial charge in [0.15, 0.2) is 0 Å². The highest BCUT2D eigenvalue weighted by Crippen LogP contribution is 2.43. The zero-order chi connectivity index (χ0) is 60.5. The molecule has 0 heterocycles. The van der Waals surface area contributed by atoms with Gasteiger partial charge in [-0.05, 0) is 77.0 Å². The Balaban J connectivity index is 4.06. The van der Waals surface area contributed by atoms with E-state index in [4.69, 9.17) is 9.05 Å². The van der Waals surface area contributed by atoms with Crippen LogP contribution in [0, 0.1) is 0 Å². The molecule has 0 saturated carbocycles. The van der Waals surface area contributed by atoms with Crippen LogP contribution in [0.1, 0.15) is 354 Å². The molecule has 0 aliphatic carbocycles. The van der Waals surface area contributed by atoms with Gasteiger partial charge < -0.3 is 19.8 Å². The van der Waals surface area contributed by atoms with Crippen molar-refractivity contribution in [3.8, 4) is 0 Å². The molecular formula is C74H142N2O6P+. The number of likely N-dealkylation sites (N-methyl/N-ethyl adjacent to an activating group) is 1. The Morgan fingerprint density at radius 2 is 0.699 bits per heavy atom. The van der Waals surface area contributed by atoms with Gasteiger partial charge in [0.05, 0.1) is 39.9 Å². The number of carbonyl (C=O) groups excluding carboxylic acids is 1. The second kappa shape index (κ2) is 64.7. The summed E-state index contributed by atoms with van der Waals surface area (Å²) >= 11 is 0. The van der Waals surface area contributed by atoms with Crippen LogP contribution in [-0.4, -0.2) is 73.4 Å². The largest absolute Gasteiger partial charge is 0.472 e. The molecular weight excluding hydrogens is 1040 g/mol. The third-order valence-electron chi connectivity index (χ3n) is 16.4. The molecule has 0 aromatic heterocycles. The zero-order valence-electron chi connectivity index (χ0n) is 55.9. The number of amides is 1. The Morgan fingerprint density at radius 3 is 1.04 bits per heavy atom. The fourth-order valence-corrected chi connectivity index (χ4v) is 11.6. The van der Waals surface area contributed by atoms with E-state index in [0.29, 0.717) is 17.4 Å². The normalized spacial score (nSPS) is 14.0. The third kappa shape index (κ3) is 67.6. The maximum Gasteiger partial charge on any atom is 0.472 e. The molecule has 0 spiro atoms. The van der Waals surface area contributed by atoms with Gasteiger partial charge in [-0.1, -0.05) is 331 Å². The van der Waals surface area contributed by atoms with Crippen LogP contribution in [0.25, 0.3) is 0 Å². The predicted octanol–water partition coefficient (Wildman–Crippen LogP) is 23.2. The smallest absolute Gasteiger partial charge is 0.387 e. The van der Waals surface area contributed by atoms with Crippen molar-refractivity contribution in [2.75, 3.05) is 40.9 Å². The van der Waals surface area contributed by atoms with Gasteiger partial charge in [-0.2, -0.15) is 0 Å². The molecule has 0 saturated heterocycles. The third-order valence-corrected chi connectivity index (χ3v) is 17.4. The van der Waals surface area contributed by atoms with Crippen LogP contribution in [0.4, 0.5) is 0 Å². The van der Waals surface area contributed by atoms with Crippen LogP contribution in [0.3, 0.4) is 0 Å². The molecule has 3 N–H and O–H groups in total. The molecule has 0 bridgehead atoms. The highest BCUT2D eigenvalue weighted by atomic mass is 31.2. The molecule has 488 valence electrons. The minimum Gasteiger partial charge on any atom is -0.387 e.